The number of nitrogens with zero attached hydrogens (tertiary/aromatic N) is 3. The molecule has 0 atom stereocenters. The van der Waals surface area contributed by atoms with E-state index in [1.165, 1.54) is 0 Å². The van der Waals surface area contributed by atoms with E-state index in [9.17, 15) is 0 Å². The van der Waals surface area contributed by atoms with E-state index in [4.69, 9.17) is 11.1 Å². The van der Waals surface area contributed by atoms with Crippen LogP contribution in [0.15, 0.2) is 0 Å². The second kappa shape index (κ2) is 6.12. The van der Waals surface area contributed by atoms with Gasteiger partial charge in [0.2, 0.25) is 0 Å². The van der Waals surface area contributed by atoms with Crippen molar-refractivity contribution in [2.45, 2.75) is 59.7 Å². The van der Waals surface area contributed by atoms with Crippen molar-refractivity contribution in [2.75, 3.05) is 0 Å². The monoisotopic (exact) mass is 295 g/mol. The molecule has 0 amide bonds. The predicted octanol–water partition coefficient (Wildman–Crippen LogP) is 0.0848. The lowest BCUT2D eigenvalue weighted by atomic mass is 10.4. The van der Waals surface area contributed by atoms with Gasteiger partial charge in [-0.1, -0.05) is 41.5 Å². The number of hydrogen-bond acceptors (Lipinski definition) is 3. The van der Waals surface area contributed by atoms with Crippen molar-refractivity contribution in [3.63, 3.8) is 0 Å². The van der Waals surface area contributed by atoms with Crippen LogP contribution in [-0.2, 0) is 0 Å². The SMILES string of the molecule is CC(C)N1[SiH2]N(C(C)C)[SiH](Cl)N(C(C)C)[SiH2]1. The summed E-state index contributed by atoms with van der Waals surface area (Å²) in [7, 11) is -1.81. The summed E-state index contributed by atoms with van der Waals surface area (Å²) in [5, 5.41) is 0. The molecule has 1 aliphatic heterocycles. The maximum atomic E-state index is 6.74. The molecule has 3 nitrogen and oxygen atoms in total. The molecule has 1 rings (SSSR count). The molecule has 0 aromatic heterocycles. The molecule has 1 aliphatic rings. The third-order valence-electron chi connectivity index (χ3n) is 3.29. The standard InChI is InChI=1S/C9H26ClN3Si3/c1-7(2)11-14-12(8(3)4)16(10)13(15-11)9(5)6/h7-9,16H,14-15H2,1-6H3. The van der Waals surface area contributed by atoms with E-state index in [0.29, 0.717) is 18.1 Å². The minimum absolute atomic E-state index is 0.253. The van der Waals surface area contributed by atoms with Crippen LogP contribution in [0, 0.1) is 0 Å². The van der Waals surface area contributed by atoms with E-state index in [1.807, 2.05) is 0 Å². The summed E-state index contributed by atoms with van der Waals surface area (Å²) >= 11 is 6.74. The summed E-state index contributed by atoms with van der Waals surface area (Å²) in [5.41, 5.74) is 0. The van der Waals surface area contributed by atoms with Gasteiger partial charge in [0.1, 0.15) is 0 Å². The average Bonchev–Trinajstić information content (AvgIpc) is 2.16. The molecule has 0 saturated carbocycles. The first-order valence-corrected chi connectivity index (χ1v) is 11.5. The molecule has 1 saturated heterocycles. The fourth-order valence-electron chi connectivity index (χ4n) is 1.93. The van der Waals surface area contributed by atoms with E-state index in [0.717, 1.165) is 0 Å². The lowest BCUT2D eigenvalue weighted by Crippen LogP contribution is -2.69. The second-order valence-corrected chi connectivity index (χ2v) is 14.6. The third-order valence-corrected chi connectivity index (χ3v) is 17.0. The van der Waals surface area contributed by atoms with Crippen LogP contribution in [0.4, 0.5) is 0 Å². The highest BCUT2D eigenvalue weighted by molar-refractivity contribution is 7.08. The van der Waals surface area contributed by atoms with Gasteiger partial charge in [-0.2, -0.15) is 0 Å². The van der Waals surface area contributed by atoms with Crippen molar-refractivity contribution in [3.8, 4) is 0 Å². The smallest absolute Gasteiger partial charge is 0.280 e. The Balaban J connectivity index is 2.80. The third kappa shape index (κ3) is 3.41. The summed E-state index contributed by atoms with van der Waals surface area (Å²) in [5.74, 6) is 0. The summed E-state index contributed by atoms with van der Waals surface area (Å²) in [4.78, 5) is 0. The molecule has 0 radical (unpaired) electrons. The van der Waals surface area contributed by atoms with Gasteiger partial charge in [0.25, 0.3) is 8.43 Å². The fraction of sp³-hybridized carbons (Fsp3) is 1.00. The maximum absolute atomic E-state index is 6.74. The molecule has 1 fully saturated rings. The molecule has 0 spiro atoms. The van der Waals surface area contributed by atoms with Gasteiger partial charge < -0.3 is 12.7 Å². The van der Waals surface area contributed by atoms with E-state index < -0.39 is 8.43 Å². The molecule has 0 unspecified atom stereocenters. The molecule has 0 N–H and O–H groups in total. The molecule has 0 aliphatic carbocycles. The first-order valence-electron chi connectivity index (χ1n) is 6.24. The summed E-state index contributed by atoms with van der Waals surface area (Å²) in [6.07, 6.45) is 0. The van der Waals surface area contributed by atoms with Crippen molar-refractivity contribution in [1.29, 1.82) is 0 Å². The molecule has 7 heteroatoms. The van der Waals surface area contributed by atoms with Gasteiger partial charge in [0, 0.05) is 0 Å². The molecular weight excluding hydrogens is 270 g/mol. The summed E-state index contributed by atoms with van der Waals surface area (Å²) in [6.45, 7) is 13.8. The molecule has 0 aromatic carbocycles. The van der Waals surface area contributed by atoms with Crippen molar-refractivity contribution in [3.05, 3.63) is 0 Å². The Morgan fingerprint density at radius 3 is 1.44 bits per heavy atom. The van der Waals surface area contributed by atoms with E-state index >= 15 is 0 Å². The van der Waals surface area contributed by atoms with Gasteiger partial charge in [-0.15, -0.1) is 11.1 Å². The fourth-order valence-corrected chi connectivity index (χ4v) is 15.3. The van der Waals surface area contributed by atoms with Crippen LogP contribution in [-0.4, -0.2) is 58.9 Å². The van der Waals surface area contributed by atoms with Crippen LogP contribution in [0.1, 0.15) is 41.5 Å². The van der Waals surface area contributed by atoms with Crippen LogP contribution in [0.3, 0.4) is 0 Å². The van der Waals surface area contributed by atoms with Crippen LogP contribution in [0.2, 0.25) is 0 Å². The summed E-state index contributed by atoms with van der Waals surface area (Å²) < 4.78 is 8.07. The Morgan fingerprint density at radius 2 is 1.19 bits per heavy atom. The Kier molecular flexibility index (Phi) is 5.70. The van der Waals surface area contributed by atoms with Crippen LogP contribution < -0.4 is 0 Å². The van der Waals surface area contributed by atoms with E-state index in [-0.39, 0.29) is 19.7 Å². The van der Waals surface area contributed by atoms with Gasteiger partial charge in [0.15, 0.2) is 19.7 Å². The average molecular weight is 296 g/mol. The van der Waals surface area contributed by atoms with E-state index in [1.54, 1.807) is 0 Å². The predicted molar refractivity (Wildman–Crippen MR) is 81.0 cm³/mol. The van der Waals surface area contributed by atoms with E-state index in [2.05, 4.69) is 54.2 Å². The maximum Gasteiger partial charge on any atom is 0.280 e. The lowest BCUT2D eigenvalue weighted by Gasteiger charge is -2.49. The first kappa shape index (κ1) is 14.9. The van der Waals surface area contributed by atoms with Crippen molar-refractivity contribution < 1.29 is 0 Å². The highest BCUT2D eigenvalue weighted by atomic mass is 35.6. The number of halogens is 1. The van der Waals surface area contributed by atoms with Crippen LogP contribution in [0.5, 0.6) is 0 Å². The Bertz CT molecular complexity index is 210. The molecule has 1 heterocycles. The quantitative estimate of drug-likeness (QED) is 0.540. The van der Waals surface area contributed by atoms with Crippen molar-refractivity contribution >= 4 is 39.2 Å². The highest BCUT2D eigenvalue weighted by Gasteiger charge is 2.37. The Morgan fingerprint density at radius 1 is 0.812 bits per heavy atom. The van der Waals surface area contributed by atoms with Gasteiger partial charge in [-0.05, 0) is 18.1 Å². The lowest BCUT2D eigenvalue weighted by molar-refractivity contribution is 0.380. The minimum atomic E-state index is -1.30. The van der Waals surface area contributed by atoms with Gasteiger partial charge >= 0.3 is 0 Å². The van der Waals surface area contributed by atoms with Crippen molar-refractivity contribution in [2.24, 2.45) is 0 Å². The molecular formula is C9H26ClN3Si3. The zero-order valence-electron chi connectivity index (χ0n) is 11.4. The molecule has 0 aromatic rings. The van der Waals surface area contributed by atoms with Crippen LogP contribution >= 0.6 is 11.1 Å². The topological polar surface area (TPSA) is 9.72 Å². The zero-order chi connectivity index (χ0) is 12.5. The second-order valence-electron chi connectivity index (χ2n) is 5.49. The zero-order valence-corrected chi connectivity index (χ0v) is 16.2. The molecule has 16 heavy (non-hydrogen) atoms. The van der Waals surface area contributed by atoms with Gasteiger partial charge in [-0.25, -0.2) is 0 Å². The summed E-state index contributed by atoms with van der Waals surface area (Å²) in [6, 6.07) is 1.95. The molecule has 0 bridgehead atoms. The largest absolute Gasteiger partial charge is 0.330 e. The first-order chi connectivity index (χ1) is 7.34. The van der Waals surface area contributed by atoms with Gasteiger partial charge in [-0.3, -0.25) is 0 Å². The molecule has 96 valence electrons. The Hall–Kier alpha value is 0.821. The number of hydrogen-bond donors (Lipinski definition) is 0. The van der Waals surface area contributed by atoms with Crippen LogP contribution in [0.25, 0.3) is 0 Å². The van der Waals surface area contributed by atoms with Crippen molar-refractivity contribution in [1.82, 2.24) is 12.7 Å². The van der Waals surface area contributed by atoms with Gasteiger partial charge in [0.05, 0.1) is 0 Å². The Labute approximate surface area is 112 Å². The minimum Gasteiger partial charge on any atom is -0.330 e. The number of rotatable bonds is 3. The highest BCUT2D eigenvalue weighted by Crippen LogP contribution is 2.18. The normalized spacial score (nSPS) is 29.2.